The van der Waals surface area contributed by atoms with Gasteiger partial charge in [0.2, 0.25) is 0 Å². The van der Waals surface area contributed by atoms with Crippen LogP contribution in [0.2, 0.25) is 0 Å². The number of nitrogens with zero attached hydrogens (tertiary/aromatic N) is 1. The van der Waals surface area contributed by atoms with Crippen LogP contribution in [0, 0.1) is 12.8 Å². The predicted octanol–water partition coefficient (Wildman–Crippen LogP) is 8.58. The van der Waals surface area contributed by atoms with Crippen molar-refractivity contribution in [3.63, 3.8) is 0 Å². The molecular formula is C31H46N2O2. The standard InChI is InChI=1S/C16H20N2.C8H16O2.C7H10/c1-5-13(14-9-7-6-8-12(14)4)16-10-15(11(2)3)17-18-16;1-6(2)7(9)10-8(3,4)5;1-4-6-7(3)5-2/h5-11H,1-4H3,(H,17,18);6H,1-5H3;4-6H,1-2H2,3H3/b13-5+;;7-6-. The van der Waals surface area contributed by atoms with Crippen LogP contribution in [0.4, 0.5) is 0 Å². The molecule has 1 heterocycles. The number of carbonyl (C=O) groups excluding carboxylic acids is 1. The monoisotopic (exact) mass is 478 g/mol. The second-order valence-corrected chi connectivity index (χ2v) is 9.92. The van der Waals surface area contributed by atoms with Crippen LogP contribution in [-0.2, 0) is 9.53 Å². The van der Waals surface area contributed by atoms with E-state index in [-0.39, 0.29) is 17.5 Å². The molecule has 0 aliphatic carbocycles. The number of rotatable bonds is 6. The summed E-state index contributed by atoms with van der Waals surface area (Å²) in [7, 11) is 0. The largest absolute Gasteiger partial charge is 0.460 e. The lowest BCUT2D eigenvalue weighted by Crippen LogP contribution is -2.26. The van der Waals surface area contributed by atoms with Crippen LogP contribution < -0.4 is 0 Å². The van der Waals surface area contributed by atoms with Crippen molar-refractivity contribution in [2.45, 2.75) is 80.8 Å². The van der Waals surface area contributed by atoms with E-state index in [9.17, 15) is 4.79 Å². The van der Waals surface area contributed by atoms with Crippen molar-refractivity contribution in [2.24, 2.45) is 5.92 Å². The minimum Gasteiger partial charge on any atom is -0.460 e. The minimum absolute atomic E-state index is 0.0285. The highest BCUT2D eigenvalue weighted by atomic mass is 16.6. The van der Waals surface area contributed by atoms with Crippen molar-refractivity contribution in [1.29, 1.82) is 0 Å². The molecule has 4 heteroatoms. The van der Waals surface area contributed by atoms with Gasteiger partial charge < -0.3 is 4.74 Å². The van der Waals surface area contributed by atoms with Gasteiger partial charge in [0.15, 0.2) is 0 Å². The van der Waals surface area contributed by atoms with E-state index in [0.29, 0.717) is 5.92 Å². The maximum absolute atomic E-state index is 10.9. The number of aromatic nitrogens is 2. The van der Waals surface area contributed by atoms with Crippen LogP contribution in [0.25, 0.3) is 5.57 Å². The Kier molecular flexibility index (Phi) is 14.3. The van der Waals surface area contributed by atoms with E-state index >= 15 is 0 Å². The average molecular weight is 479 g/mol. The molecule has 0 aliphatic rings. The molecule has 0 atom stereocenters. The van der Waals surface area contributed by atoms with E-state index in [1.54, 1.807) is 12.2 Å². The van der Waals surface area contributed by atoms with Crippen molar-refractivity contribution in [1.82, 2.24) is 10.2 Å². The van der Waals surface area contributed by atoms with Gasteiger partial charge in [-0.1, -0.05) is 95.0 Å². The van der Waals surface area contributed by atoms with Crippen LogP contribution >= 0.6 is 0 Å². The zero-order chi connectivity index (χ0) is 27.2. The van der Waals surface area contributed by atoms with Crippen molar-refractivity contribution < 1.29 is 9.53 Å². The Hall–Kier alpha value is -3.14. The molecule has 2 aromatic rings. The van der Waals surface area contributed by atoms with E-state index in [0.717, 1.165) is 11.3 Å². The van der Waals surface area contributed by atoms with Gasteiger partial charge in [-0.25, -0.2) is 0 Å². The van der Waals surface area contributed by atoms with Crippen molar-refractivity contribution >= 4 is 11.5 Å². The Balaban J connectivity index is 0.000000575. The molecular weight excluding hydrogens is 432 g/mol. The van der Waals surface area contributed by atoms with Gasteiger partial charge in [0, 0.05) is 11.3 Å². The lowest BCUT2D eigenvalue weighted by atomic mass is 9.97. The molecule has 0 bridgehead atoms. The fourth-order valence-electron chi connectivity index (χ4n) is 2.76. The summed E-state index contributed by atoms with van der Waals surface area (Å²) in [6.07, 6.45) is 7.58. The number of carbonyl (C=O) groups is 1. The van der Waals surface area contributed by atoms with Gasteiger partial charge in [-0.15, -0.1) is 0 Å². The SMILES string of the molecule is C/C=C(/c1cc(C(C)C)[nH]n1)c1ccccc1C.C=C/C=C(/C)C=C.CC(C)C(=O)OC(C)(C)C. The smallest absolute Gasteiger partial charge is 0.308 e. The van der Waals surface area contributed by atoms with Gasteiger partial charge in [0.1, 0.15) is 5.60 Å². The summed E-state index contributed by atoms with van der Waals surface area (Å²) in [5, 5.41) is 7.55. The molecule has 192 valence electrons. The van der Waals surface area contributed by atoms with Gasteiger partial charge in [0.05, 0.1) is 11.6 Å². The van der Waals surface area contributed by atoms with E-state index in [2.05, 4.69) is 87.5 Å². The summed E-state index contributed by atoms with van der Waals surface area (Å²) in [5.74, 6) is 0.313. The molecule has 0 spiro atoms. The summed E-state index contributed by atoms with van der Waals surface area (Å²) in [6, 6.07) is 10.6. The molecule has 4 nitrogen and oxygen atoms in total. The van der Waals surface area contributed by atoms with Crippen molar-refractivity contribution in [3.05, 3.63) is 95.9 Å². The molecule has 0 amide bonds. The number of allylic oxidation sites excluding steroid dienone is 5. The van der Waals surface area contributed by atoms with Crippen LogP contribution in [0.5, 0.6) is 0 Å². The normalized spacial score (nSPS) is 11.8. The Morgan fingerprint density at radius 2 is 1.71 bits per heavy atom. The highest BCUT2D eigenvalue weighted by Crippen LogP contribution is 2.26. The summed E-state index contributed by atoms with van der Waals surface area (Å²) in [6.45, 7) is 26.9. The maximum Gasteiger partial charge on any atom is 0.308 e. The molecule has 0 unspecified atom stereocenters. The van der Waals surface area contributed by atoms with Crippen LogP contribution in [-0.4, -0.2) is 21.8 Å². The predicted molar refractivity (Wildman–Crippen MR) is 151 cm³/mol. The molecule has 1 aromatic heterocycles. The van der Waals surface area contributed by atoms with Gasteiger partial charge in [0.25, 0.3) is 0 Å². The molecule has 0 saturated heterocycles. The second kappa shape index (κ2) is 15.7. The molecule has 0 saturated carbocycles. The zero-order valence-corrected chi connectivity index (χ0v) is 23.5. The number of benzene rings is 1. The van der Waals surface area contributed by atoms with E-state index < -0.39 is 0 Å². The number of hydrogen-bond acceptors (Lipinski definition) is 3. The highest BCUT2D eigenvalue weighted by Gasteiger charge is 2.18. The summed E-state index contributed by atoms with van der Waals surface area (Å²) < 4.78 is 5.06. The van der Waals surface area contributed by atoms with E-state index in [1.807, 2.05) is 47.6 Å². The van der Waals surface area contributed by atoms with Crippen LogP contribution in [0.1, 0.15) is 90.7 Å². The van der Waals surface area contributed by atoms with E-state index in [1.165, 1.54) is 22.4 Å². The number of nitrogens with one attached hydrogen (secondary N) is 1. The Morgan fingerprint density at radius 3 is 2.06 bits per heavy atom. The molecule has 2 rings (SSSR count). The van der Waals surface area contributed by atoms with Gasteiger partial charge in [-0.05, 0) is 64.7 Å². The summed E-state index contributed by atoms with van der Waals surface area (Å²) >= 11 is 0. The van der Waals surface area contributed by atoms with Crippen molar-refractivity contribution in [3.8, 4) is 0 Å². The lowest BCUT2D eigenvalue weighted by molar-refractivity contribution is -0.158. The van der Waals surface area contributed by atoms with Crippen LogP contribution in [0.15, 0.2) is 73.4 Å². The molecule has 35 heavy (non-hydrogen) atoms. The fourth-order valence-corrected chi connectivity index (χ4v) is 2.76. The fraction of sp³-hybridized carbons (Fsp3) is 0.419. The number of hydrogen-bond donors (Lipinski definition) is 1. The molecule has 1 N–H and O–H groups in total. The van der Waals surface area contributed by atoms with Crippen molar-refractivity contribution in [2.75, 3.05) is 0 Å². The highest BCUT2D eigenvalue weighted by molar-refractivity contribution is 5.79. The molecule has 1 aromatic carbocycles. The zero-order valence-electron chi connectivity index (χ0n) is 23.5. The number of aromatic amines is 1. The first-order valence-corrected chi connectivity index (χ1v) is 12.2. The van der Waals surface area contributed by atoms with E-state index in [4.69, 9.17) is 4.74 Å². The Morgan fingerprint density at radius 1 is 1.11 bits per heavy atom. The third kappa shape index (κ3) is 12.8. The third-order valence-corrected chi connectivity index (χ3v) is 4.80. The number of aryl methyl sites for hydroxylation is 1. The summed E-state index contributed by atoms with van der Waals surface area (Å²) in [5.41, 5.74) is 6.72. The Labute approximate surface area is 213 Å². The summed E-state index contributed by atoms with van der Waals surface area (Å²) in [4.78, 5) is 10.9. The first-order valence-electron chi connectivity index (χ1n) is 12.2. The van der Waals surface area contributed by atoms with Gasteiger partial charge >= 0.3 is 5.97 Å². The maximum atomic E-state index is 10.9. The first-order chi connectivity index (χ1) is 16.3. The topological polar surface area (TPSA) is 55.0 Å². The van der Waals surface area contributed by atoms with Crippen LogP contribution in [0.3, 0.4) is 0 Å². The molecule has 0 aliphatic heterocycles. The first kappa shape index (κ1) is 31.9. The number of esters is 1. The van der Waals surface area contributed by atoms with Gasteiger partial charge in [-0.2, -0.15) is 5.10 Å². The number of H-pyrrole nitrogens is 1. The third-order valence-electron chi connectivity index (χ3n) is 4.80. The second-order valence-electron chi connectivity index (χ2n) is 9.92. The quantitative estimate of drug-likeness (QED) is 0.334. The Bertz CT molecular complexity index is 999. The molecule has 0 fully saturated rings. The lowest BCUT2D eigenvalue weighted by Gasteiger charge is -2.20. The minimum atomic E-state index is -0.346. The van der Waals surface area contributed by atoms with Gasteiger partial charge in [-0.3, -0.25) is 9.89 Å². The molecule has 0 radical (unpaired) electrons. The number of ether oxygens (including phenoxy) is 1. The average Bonchev–Trinajstić information content (AvgIpc) is 3.26.